The number of amides is 1. The third kappa shape index (κ3) is 2.80. The fraction of sp³-hybridized carbons (Fsp3) is 0.471. The van der Waals surface area contributed by atoms with E-state index in [2.05, 4.69) is 11.8 Å². The lowest BCUT2D eigenvalue weighted by Gasteiger charge is -2.37. The number of aliphatic hydroxyl groups excluding tert-OH is 1. The van der Waals surface area contributed by atoms with Gasteiger partial charge >= 0.3 is 0 Å². The van der Waals surface area contributed by atoms with Crippen molar-refractivity contribution < 1.29 is 14.6 Å². The van der Waals surface area contributed by atoms with Crippen LogP contribution >= 0.6 is 0 Å². The summed E-state index contributed by atoms with van der Waals surface area (Å²) in [6, 6.07) is 7.54. The quantitative estimate of drug-likeness (QED) is 0.794. The van der Waals surface area contributed by atoms with Crippen molar-refractivity contribution in [2.45, 2.75) is 31.4 Å². The average molecular weight is 285 g/mol. The Hall–Kier alpha value is -1.83. The molecule has 0 aromatic heterocycles. The number of aliphatic hydroxyl groups is 1. The van der Waals surface area contributed by atoms with Gasteiger partial charge in [-0.15, -0.1) is 0 Å². The first-order valence-corrected chi connectivity index (χ1v) is 7.42. The standard InChI is InChI=1S/C17H19NO3/c19-11-4-6-13-5-1-2-7-14(13)17(20)18-10-12-21-16-9-3-8-15(16)18/h1-2,5,7,15-16,19H,3,8-12H2. The number of morpholine rings is 1. The number of fused-ring (bicyclic) bond motifs is 1. The smallest absolute Gasteiger partial charge is 0.255 e. The maximum Gasteiger partial charge on any atom is 0.255 e. The molecule has 2 unspecified atom stereocenters. The first kappa shape index (κ1) is 14.1. The number of hydrogen-bond acceptors (Lipinski definition) is 3. The Morgan fingerprint density at radius 3 is 3.10 bits per heavy atom. The van der Waals surface area contributed by atoms with E-state index in [-0.39, 0.29) is 24.7 Å². The molecule has 110 valence electrons. The fourth-order valence-electron chi connectivity index (χ4n) is 3.25. The van der Waals surface area contributed by atoms with Crippen molar-refractivity contribution in [2.75, 3.05) is 19.8 Å². The van der Waals surface area contributed by atoms with Crippen molar-refractivity contribution in [3.63, 3.8) is 0 Å². The SMILES string of the molecule is O=C(c1ccccc1C#CCO)N1CCOC2CCCC21. The normalized spacial score (nSPS) is 24.1. The molecule has 0 bridgehead atoms. The van der Waals surface area contributed by atoms with Crippen molar-refractivity contribution in [1.82, 2.24) is 4.90 Å². The summed E-state index contributed by atoms with van der Waals surface area (Å²) in [6.07, 6.45) is 3.37. The summed E-state index contributed by atoms with van der Waals surface area (Å²) in [6.45, 7) is 1.05. The molecule has 1 amide bonds. The van der Waals surface area contributed by atoms with Crippen LogP contribution in [0.3, 0.4) is 0 Å². The highest BCUT2D eigenvalue weighted by molar-refractivity contribution is 5.97. The number of carbonyl (C=O) groups excluding carboxylic acids is 1. The van der Waals surface area contributed by atoms with Crippen LogP contribution in [-0.2, 0) is 4.74 Å². The molecule has 1 aromatic rings. The van der Waals surface area contributed by atoms with E-state index in [9.17, 15) is 4.79 Å². The number of benzene rings is 1. The molecule has 1 saturated carbocycles. The minimum Gasteiger partial charge on any atom is -0.384 e. The van der Waals surface area contributed by atoms with Crippen LogP contribution in [0.5, 0.6) is 0 Å². The van der Waals surface area contributed by atoms with Crippen molar-refractivity contribution in [3.8, 4) is 11.8 Å². The molecule has 1 N–H and O–H groups in total. The number of ether oxygens (including phenoxy) is 1. The second-order valence-electron chi connectivity index (χ2n) is 5.41. The Morgan fingerprint density at radius 2 is 2.24 bits per heavy atom. The highest BCUT2D eigenvalue weighted by Crippen LogP contribution is 2.30. The lowest BCUT2D eigenvalue weighted by atomic mass is 10.0. The fourth-order valence-corrected chi connectivity index (χ4v) is 3.25. The van der Waals surface area contributed by atoms with Gasteiger partial charge in [0.2, 0.25) is 0 Å². The number of hydrogen-bond donors (Lipinski definition) is 1. The van der Waals surface area contributed by atoms with Gasteiger partial charge in [0.1, 0.15) is 6.61 Å². The van der Waals surface area contributed by atoms with Crippen LogP contribution in [0.1, 0.15) is 35.2 Å². The zero-order chi connectivity index (χ0) is 14.7. The van der Waals surface area contributed by atoms with Gasteiger partial charge in [-0.1, -0.05) is 24.0 Å². The van der Waals surface area contributed by atoms with Crippen LogP contribution in [0.25, 0.3) is 0 Å². The molecule has 1 saturated heterocycles. The van der Waals surface area contributed by atoms with E-state index in [0.717, 1.165) is 19.3 Å². The summed E-state index contributed by atoms with van der Waals surface area (Å²) in [5, 5.41) is 8.84. The van der Waals surface area contributed by atoms with E-state index in [1.165, 1.54) is 0 Å². The molecule has 4 nitrogen and oxygen atoms in total. The van der Waals surface area contributed by atoms with Crippen LogP contribution < -0.4 is 0 Å². The summed E-state index contributed by atoms with van der Waals surface area (Å²) >= 11 is 0. The van der Waals surface area contributed by atoms with E-state index in [0.29, 0.717) is 24.3 Å². The molecule has 1 aromatic carbocycles. The largest absolute Gasteiger partial charge is 0.384 e. The minimum absolute atomic E-state index is 0.0260. The second kappa shape index (κ2) is 6.30. The number of nitrogens with zero attached hydrogens (tertiary/aromatic N) is 1. The molecule has 1 heterocycles. The van der Waals surface area contributed by atoms with Gasteiger partial charge in [-0.2, -0.15) is 0 Å². The Labute approximate surface area is 124 Å². The summed E-state index contributed by atoms with van der Waals surface area (Å²) in [5.41, 5.74) is 1.29. The molecule has 2 atom stereocenters. The first-order chi connectivity index (χ1) is 10.3. The van der Waals surface area contributed by atoms with Gasteiger partial charge in [0, 0.05) is 12.1 Å². The molecule has 4 heteroatoms. The van der Waals surface area contributed by atoms with Gasteiger partial charge < -0.3 is 14.7 Å². The van der Waals surface area contributed by atoms with Crippen molar-refractivity contribution in [1.29, 1.82) is 0 Å². The summed E-state index contributed by atoms with van der Waals surface area (Å²) in [7, 11) is 0. The maximum absolute atomic E-state index is 12.9. The van der Waals surface area contributed by atoms with Gasteiger partial charge in [-0.25, -0.2) is 0 Å². The van der Waals surface area contributed by atoms with Crippen molar-refractivity contribution in [2.24, 2.45) is 0 Å². The van der Waals surface area contributed by atoms with Crippen molar-refractivity contribution in [3.05, 3.63) is 35.4 Å². The molecule has 2 fully saturated rings. The van der Waals surface area contributed by atoms with Gasteiger partial charge in [-0.05, 0) is 31.4 Å². The zero-order valence-electron chi connectivity index (χ0n) is 11.9. The van der Waals surface area contributed by atoms with E-state index < -0.39 is 0 Å². The molecule has 1 aliphatic heterocycles. The monoisotopic (exact) mass is 285 g/mol. The average Bonchev–Trinajstić information content (AvgIpc) is 3.01. The Morgan fingerprint density at radius 1 is 1.38 bits per heavy atom. The summed E-state index contributed by atoms with van der Waals surface area (Å²) in [4.78, 5) is 14.8. The van der Waals surface area contributed by atoms with Gasteiger partial charge in [0.15, 0.2) is 0 Å². The third-order valence-corrected chi connectivity index (χ3v) is 4.20. The van der Waals surface area contributed by atoms with Crippen LogP contribution in [0, 0.1) is 11.8 Å². The van der Waals surface area contributed by atoms with Crippen molar-refractivity contribution >= 4 is 5.91 Å². The molecular weight excluding hydrogens is 266 g/mol. The highest BCUT2D eigenvalue weighted by Gasteiger charge is 2.38. The predicted octanol–water partition coefficient (Wildman–Crippen LogP) is 1.42. The van der Waals surface area contributed by atoms with E-state index >= 15 is 0 Å². The molecule has 1 aliphatic carbocycles. The lowest BCUT2D eigenvalue weighted by molar-refractivity contribution is -0.0445. The molecule has 21 heavy (non-hydrogen) atoms. The van der Waals surface area contributed by atoms with Crippen LogP contribution in [0.4, 0.5) is 0 Å². The molecule has 0 radical (unpaired) electrons. The molecule has 2 aliphatic rings. The van der Waals surface area contributed by atoms with E-state index in [1.54, 1.807) is 0 Å². The Bertz CT molecular complexity index is 587. The highest BCUT2D eigenvalue weighted by atomic mass is 16.5. The summed E-state index contributed by atoms with van der Waals surface area (Å²) < 4.78 is 5.76. The lowest BCUT2D eigenvalue weighted by Crippen LogP contribution is -2.51. The van der Waals surface area contributed by atoms with Crippen LogP contribution in [0.15, 0.2) is 24.3 Å². The predicted molar refractivity (Wildman–Crippen MR) is 78.8 cm³/mol. The molecule has 0 spiro atoms. The topological polar surface area (TPSA) is 49.8 Å². The van der Waals surface area contributed by atoms with Crippen LogP contribution in [-0.4, -0.2) is 47.8 Å². The second-order valence-corrected chi connectivity index (χ2v) is 5.41. The molecule has 3 rings (SSSR count). The Balaban J connectivity index is 1.88. The van der Waals surface area contributed by atoms with Gasteiger partial charge in [0.05, 0.1) is 24.3 Å². The first-order valence-electron chi connectivity index (χ1n) is 7.42. The summed E-state index contributed by atoms with van der Waals surface area (Å²) in [5.74, 6) is 5.51. The van der Waals surface area contributed by atoms with Gasteiger partial charge in [0.25, 0.3) is 5.91 Å². The van der Waals surface area contributed by atoms with Crippen LogP contribution in [0.2, 0.25) is 0 Å². The molecular formula is C17H19NO3. The maximum atomic E-state index is 12.9. The third-order valence-electron chi connectivity index (χ3n) is 4.20. The minimum atomic E-state index is -0.204. The van der Waals surface area contributed by atoms with E-state index in [1.807, 2.05) is 29.2 Å². The number of carbonyl (C=O) groups is 1. The zero-order valence-corrected chi connectivity index (χ0v) is 11.9. The Kier molecular flexibility index (Phi) is 4.23. The van der Waals surface area contributed by atoms with E-state index in [4.69, 9.17) is 9.84 Å². The number of rotatable bonds is 1. The van der Waals surface area contributed by atoms with Gasteiger partial charge in [-0.3, -0.25) is 4.79 Å².